The number of nitrogens with zero attached hydrogens (tertiary/aromatic N) is 1. The first-order chi connectivity index (χ1) is 12.2. The molecular formula is C21H20N2O2. The largest absolute Gasteiger partial charge is 0.496 e. The van der Waals surface area contributed by atoms with E-state index in [1.807, 2.05) is 77.6 Å². The summed E-state index contributed by atoms with van der Waals surface area (Å²) < 4.78 is 7.47. The van der Waals surface area contributed by atoms with Crippen molar-refractivity contribution in [3.63, 3.8) is 0 Å². The number of benzene rings is 2. The van der Waals surface area contributed by atoms with E-state index < -0.39 is 0 Å². The molecule has 1 saturated carbocycles. The Morgan fingerprint density at radius 1 is 1.00 bits per heavy atom. The van der Waals surface area contributed by atoms with E-state index in [1.54, 1.807) is 7.11 Å². The minimum atomic E-state index is -0.303. The lowest BCUT2D eigenvalue weighted by Gasteiger charge is -2.20. The van der Waals surface area contributed by atoms with Crippen molar-refractivity contribution < 1.29 is 9.53 Å². The van der Waals surface area contributed by atoms with Crippen molar-refractivity contribution in [1.82, 2.24) is 9.88 Å². The van der Waals surface area contributed by atoms with E-state index in [2.05, 4.69) is 5.32 Å². The van der Waals surface area contributed by atoms with Gasteiger partial charge in [0.1, 0.15) is 5.75 Å². The lowest BCUT2D eigenvalue weighted by Crippen LogP contribution is -2.35. The summed E-state index contributed by atoms with van der Waals surface area (Å²) in [7, 11) is 1.66. The number of nitrogens with one attached hydrogen (secondary N) is 1. The molecule has 0 radical (unpaired) electrons. The Morgan fingerprint density at radius 3 is 2.32 bits per heavy atom. The lowest BCUT2D eigenvalue weighted by molar-refractivity contribution is 0.0930. The van der Waals surface area contributed by atoms with Gasteiger partial charge in [-0.2, -0.15) is 0 Å². The molecule has 4 heteroatoms. The summed E-state index contributed by atoms with van der Waals surface area (Å²) in [5.74, 6) is 0.769. The predicted octanol–water partition coefficient (Wildman–Crippen LogP) is 3.91. The van der Waals surface area contributed by atoms with Crippen LogP contribution in [-0.4, -0.2) is 17.6 Å². The highest BCUT2D eigenvalue weighted by Gasteiger charge is 2.47. The molecule has 25 heavy (non-hydrogen) atoms. The molecule has 1 aliphatic rings. The first kappa shape index (κ1) is 15.5. The monoisotopic (exact) mass is 332 g/mol. The van der Waals surface area contributed by atoms with Gasteiger partial charge in [0.05, 0.1) is 12.6 Å². The molecule has 1 amide bonds. The van der Waals surface area contributed by atoms with Crippen LogP contribution in [-0.2, 0) is 5.54 Å². The molecule has 0 atom stereocenters. The zero-order valence-electron chi connectivity index (χ0n) is 14.1. The Kier molecular flexibility index (Phi) is 3.80. The molecule has 3 aromatic rings. The van der Waals surface area contributed by atoms with Crippen molar-refractivity contribution in [3.8, 4) is 11.4 Å². The van der Waals surface area contributed by atoms with E-state index in [0.29, 0.717) is 5.56 Å². The Balaban J connectivity index is 1.54. The van der Waals surface area contributed by atoms with Gasteiger partial charge in [0, 0.05) is 29.2 Å². The Labute approximate surface area is 147 Å². The summed E-state index contributed by atoms with van der Waals surface area (Å²) in [5, 5.41) is 3.20. The highest BCUT2D eigenvalue weighted by atomic mass is 16.5. The second kappa shape index (κ2) is 6.13. The number of rotatable bonds is 5. The molecule has 1 aliphatic carbocycles. The average molecular weight is 332 g/mol. The zero-order valence-corrected chi connectivity index (χ0v) is 14.1. The summed E-state index contributed by atoms with van der Waals surface area (Å²) in [6.07, 6.45) is 5.83. The molecule has 1 heterocycles. The molecule has 126 valence electrons. The normalized spacial score (nSPS) is 14.8. The molecule has 1 aromatic heterocycles. The van der Waals surface area contributed by atoms with Crippen LogP contribution in [0.4, 0.5) is 0 Å². The van der Waals surface area contributed by atoms with Crippen LogP contribution in [0, 0.1) is 0 Å². The number of aromatic nitrogens is 1. The smallest absolute Gasteiger partial charge is 0.251 e. The minimum Gasteiger partial charge on any atom is -0.496 e. The van der Waals surface area contributed by atoms with Gasteiger partial charge in [0.15, 0.2) is 0 Å². The average Bonchev–Trinajstić information content (AvgIpc) is 3.22. The highest BCUT2D eigenvalue weighted by molar-refractivity contribution is 5.95. The first-order valence-corrected chi connectivity index (χ1v) is 8.41. The van der Waals surface area contributed by atoms with Crippen LogP contribution in [0.1, 0.15) is 28.8 Å². The summed E-state index contributed by atoms with van der Waals surface area (Å²) in [4.78, 5) is 12.7. The highest BCUT2D eigenvalue weighted by Crippen LogP contribution is 2.48. The fourth-order valence-electron chi connectivity index (χ4n) is 3.21. The SMILES string of the molecule is COc1ccccc1C1(NC(=O)c2ccc(-n3cccc3)cc2)CC1. The fourth-order valence-corrected chi connectivity index (χ4v) is 3.21. The van der Waals surface area contributed by atoms with E-state index in [4.69, 9.17) is 4.74 Å². The number of ether oxygens (including phenoxy) is 1. The summed E-state index contributed by atoms with van der Waals surface area (Å²) in [6, 6.07) is 19.5. The number of carbonyl (C=O) groups excluding carboxylic acids is 1. The summed E-state index contributed by atoms with van der Waals surface area (Å²) in [5.41, 5.74) is 2.45. The third-order valence-electron chi connectivity index (χ3n) is 4.76. The van der Waals surface area contributed by atoms with Crippen LogP contribution < -0.4 is 10.1 Å². The van der Waals surface area contributed by atoms with E-state index in [9.17, 15) is 4.79 Å². The zero-order chi connectivity index (χ0) is 17.3. The number of methoxy groups -OCH3 is 1. The van der Waals surface area contributed by atoms with Crippen LogP contribution in [0.15, 0.2) is 73.1 Å². The molecule has 4 rings (SSSR count). The van der Waals surface area contributed by atoms with Gasteiger partial charge < -0.3 is 14.6 Å². The van der Waals surface area contributed by atoms with E-state index in [-0.39, 0.29) is 11.4 Å². The third kappa shape index (κ3) is 2.91. The lowest BCUT2D eigenvalue weighted by atomic mass is 10.0. The number of carbonyl (C=O) groups is 1. The van der Waals surface area contributed by atoms with Gasteiger partial charge in [-0.05, 0) is 55.3 Å². The van der Waals surface area contributed by atoms with Crippen molar-refractivity contribution in [2.45, 2.75) is 18.4 Å². The topological polar surface area (TPSA) is 43.3 Å². The molecule has 2 aromatic carbocycles. The molecule has 1 N–H and O–H groups in total. The molecule has 0 bridgehead atoms. The molecule has 0 spiro atoms. The van der Waals surface area contributed by atoms with E-state index in [0.717, 1.165) is 29.8 Å². The Bertz CT molecular complexity index is 879. The number of hydrogen-bond donors (Lipinski definition) is 1. The van der Waals surface area contributed by atoms with Gasteiger partial charge in [-0.1, -0.05) is 18.2 Å². The van der Waals surface area contributed by atoms with Gasteiger partial charge in [-0.3, -0.25) is 4.79 Å². The second-order valence-electron chi connectivity index (χ2n) is 6.37. The van der Waals surface area contributed by atoms with Crippen LogP contribution in [0.5, 0.6) is 5.75 Å². The minimum absolute atomic E-state index is 0.0533. The van der Waals surface area contributed by atoms with Crippen molar-refractivity contribution in [2.75, 3.05) is 7.11 Å². The molecular weight excluding hydrogens is 312 g/mol. The van der Waals surface area contributed by atoms with Crippen LogP contribution in [0.2, 0.25) is 0 Å². The maximum Gasteiger partial charge on any atom is 0.251 e. The number of amides is 1. The molecule has 0 saturated heterocycles. The Morgan fingerprint density at radius 2 is 1.68 bits per heavy atom. The number of para-hydroxylation sites is 1. The van der Waals surface area contributed by atoms with Gasteiger partial charge in [-0.15, -0.1) is 0 Å². The molecule has 0 aliphatic heterocycles. The van der Waals surface area contributed by atoms with Crippen molar-refractivity contribution in [1.29, 1.82) is 0 Å². The third-order valence-corrected chi connectivity index (χ3v) is 4.76. The second-order valence-corrected chi connectivity index (χ2v) is 6.37. The van der Waals surface area contributed by atoms with Crippen molar-refractivity contribution in [2.24, 2.45) is 0 Å². The molecule has 0 unspecified atom stereocenters. The van der Waals surface area contributed by atoms with Crippen LogP contribution in [0.3, 0.4) is 0 Å². The predicted molar refractivity (Wildman–Crippen MR) is 97.1 cm³/mol. The van der Waals surface area contributed by atoms with Crippen molar-refractivity contribution in [3.05, 3.63) is 84.2 Å². The number of hydrogen-bond acceptors (Lipinski definition) is 2. The van der Waals surface area contributed by atoms with Crippen LogP contribution >= 0.6 is 0 Å². The quantitative estimate of drug-likeness (QED) is 0.770. The maximum atomic E-state index is 12.7. The summed E-state index contributed by atoms with van der Waals surface area (Å²) >= 11 is 0. The van der Waals surface area contributed by atoms with E-state index in [1.165, 1.54) is 0 Å². The first-order valence-electron chi connectivity index (χ1n) is 8.41. The molecule has 4 nitrogen and oxygen atoms in total. The van der Waals surface area contributed by atoms with E-state index >= 15 is 0 Å². The van der Waals surface area contributed by atoms with Gasteiger partial charge in [0.2, 0.25) is 0 Å². The maximum absolute atomic E-state index is 12.7. The molecule has 1 fully saturated rings. The Hall–Kier alpha value is -3.01. The summed E-state index contributed by atoms with van der Waals surface area (Å²) in [6.45, 7) is 0. The van der Waals surface area contributed by atoms with Gasteiger partial charge >= 0.3 is 0 Å². The van der Waals surface area contributed by atoms with Crippen molar-refractivity contribution >= 4 is 5.91 Å². The standard InChI is InChI=1S/C21H20N2O2/c1-25-19-7-3-2-6-18(19)21(12-13-21)22-20(24)16-8-10-17(11-9-16)23-14-4-5-15-23/h2-11,14-15H,12-13H2,1H3,(H,22,24). The van der Waals surface area contributed by atoms with Crippen LogP contribution in [0.25, 0.3) is 5.69 Å². The fraction of sp³-hybridized carbons (Fsp3) is 0.190. The van der Waals surface area contributed by atoms with Gasteiger partial charge in [-0.25, -0.2) is 0 Å². The van der Waals surface area contributed by atoms with Gasteiger partial charge in [0.25, 0.3) is 5.91 Å².